The fourth-order valence-electron chi connectivity index (χ4n) is 3.34. The number of piperazine rings is 1. The number of carbonyl (C=O) groups excluding carboxylic acids is 2. The standard InChI is InChI=1S/C23H28FN3O3/c1-17(2)30-21-9-5-19(6-10-21)23(29)27-15-13-26(14-16-27)12-11-25-22(28)18-3-7-20(24)8-4-18/h3-10,17H,11-16H2,1-2H3,(H,25,28). The smallest absolute Gasteiger partial charge is 0.253 e. The fourth-order valence-corrected chi connectivity index (χ4v) is 3.34. The molecule has 0 atom stereocenters. The van der Waals surface area contributed by atoms with E-state index in [1.807, 2.05) is 30.9 Å². The van der Waals surface area contributed by atoms with Crippen LogP contribution in [0, 0.1) is 5.82 Å². The van der Waals surface area contributed by atoms with Gasteiger partial charge in [-0.1, -0.05) is 0 Å². The minimum Gasteiger partial charge on any atom is -0.491 e. The SMILES string of the molecule is CC(C)Oc1ccc(C(=O)N2CCN(CCNC(=O)c3ccc(F)cc3)CC2)cc1. The van der Waals surface area contributed by atoms with Crippen molar-refractivity contribution in [3.63, 3.8) is 0 Å². The summed E-state index contributed by atoms with van der Waals surface area (Å²) in [4.78, 5) is 28.8. The molecule has 2 aromatic carbocycles. The van der Waals surface area contributed by atoms with E-state index in [2.05, 4.69) is 10.2 Å². The predicted molar refractivity (Wildman–Crippen MR) is 113 cm³/mol. The molecule has 160 valence electrons. The Morgan fingerprint density at radius 3 is 2.17 bits per heavy atom. The molecule has 6 nitrogen and oxygen atoms in total. The third-order valence-corrected chi connectivity index (χ3v) is 4.95. The van der Waals surface area contributed by atoms with Crippen LogP contribution < -0.4 is 10.1 Å². The van der Waals surface area contributed by atoms with E-state index in [0.717, 1.165) is 18.8 Å². The van der Waals surface area contributed by atoms with E-state index in [4.69, 9.17) is 4.74 Å². The lowest BCUT2D eigenvalue weighted by atomic mass is 10.1. The molecule has 1 aliphatic rings. The number of ether oxygens (including phenoxy) is 1. The molecule has 1 heterocycles. The van der Waals surface area contributed by atoms with Crippen molar-refractivity contribution < 1.29 is 18.7 Å². The molecule has 0 radical (unpaired) electrons. The number of nitrogens with zero attached hydrogens (tertiary/aromatic N) is 2. The van der Waals surface area contributed by atoms with Crippen LogP contribution in [0.4, 0.5) is 4.39 Å². The maximum absolute atomic E-state index is 12.9. The van der Waals surface area contributed by atoms with Crippen LogP contribution in [0.1, 0.15) is 34.6 Å². The summed E-state index contributed by atoms with van der Waals surface area (Å²) >= 11 is 0. The monoisotopic (exact) mass is 413 g/mol. The van der Waals surface area contributed by atoms with E-state index in [1.165, 1.54) is 24.3 Å². The molecule has 0 aromatic heterocycles. The molecule has 0 aliphatic carbocycles. The lowest BCUT2D eigenvalue weighted by Crippen LogP contribution is -2.50. The number of hydrogen-bond donors (Lipinski definition) is 1. The van der Waals surface area contributed by atoms with Gasteiger partial charge in [0.1, 0.15) is 11.6 Å². The van der Waals surface area contributed by atoms with Crippen LogP contribution in [-0.4, -0.2) is 67.0 Å². The highest BCUT2D eigenvalue weighted by molar-refractivity contribution is 5.94. The second-order valence-corrected chi connectivity index (χ2v) is 7.59. The van der Waals surface area contributed by atoms with Gasteiger partial charge in [0.15, 0.2) is 0 Å². The average Bonchev–Trinajstić information content (AvgIpc) is 2.74. The van der Waals surface area contributed by atoms with Crippen LogP contribution in [0.15, 0.2) is 48.5 Å². The third kappa shape index (κ3) is 6.03. The molecule has 0 spiro atoms. The Kier molecular flexibility index (Phi) is 7.41. The highest BCUT2D eigenvalue weighted by Gasteiger charge is 2.22. The number of hydrogen-bond acceptors (Lipinski definition) is 4. The average molecular weight is 413 g/mol. The van der Waals surface area contributed by atoms with Crippen LogP contribution in [0.3, 0.4) is 0 Å². The summed E-state index contributed by atoms with van der Waals surface area (Å²) in [5.41, 5.74) is 1.10. The molecular formula is C23H28FN3O3. The molecule has 1 fully saturated rings. The Morgan fingerprint density at radius 2 is 1.57 bits per heavy atom. The highest BCUT2D eigenvalue weighted by Crippen LogP contribution is 2.16. The van der Waals surface area contributed by atoms with Crippen molar-refractivity contribution in [2.24, 2.45) is 0 Å². The molecule has 1 saturated heterocycles. The van der Waals surface area contributed by atoms with Crippen LogP contribution >= 0.6 is 0 Å². The van der Waals surface area contributed by atoms with Crippen molar-refractivity contribution in [3.8, 4) is 5.75 Å². The molecule has 2 amide bonds. The lowest BCUT2D eigenvalue weighted by molar-refractivity contribution is 0.0638. The molecule has 0 saturated carbocycles. The van der Waals surface area contributed by atoms with Crippen LogP contribution in [0.25, 0.3) is 0 Å². The number of rotatable bonds is 7. The third-order valence-electron chi connectivity index (χ3n) is 4.95. The molecule has 1 N–H and O–H groups in total. The maximum Gasteiger partial charge on any atom is 0.253 e. The van der Waals surface area contributed by atoms with Crippen LogP contribution in [-0.2, 0) is 0 Å². The Bertz CT molecular complexity index is 845. The number of nitrogens with one attached hydrogen (secondary N) is 1. The van der Waals surface area contributed by atoms with E-state index in [9.17, 15) is 14.0 Å². The molecule has 3 rings (SSSR count). The zero-order valence-electron chi connectivity index (χ0n) is 17.4. The maximum atomic E-state index is 12.9. The Balaban J connectivity index is 1.40. The number of benzene rings is 2. The molecule has 2 aromatic rings. The van der Waals surface area contributed by atoms with E-state index < -0.39 is 0 Å². The molecule has 7 heteroatoms. The Morgan fingerprint density at radius 1 is 0.967 bits per heavy atom. The first kappa shape index (κ1) is 21.8. The van der Waals surface area contributed by atoms with Crippen LogP contribution in [0.2, 0.25) is 0 Å². The minimum atomic E-state index is -0.362. The zero-order chi connectivity index (χ0) is 21.5. The van der Waals surface area contributed by atoms with Crippen molar-refractivity contribution in [2.45, 2.75) is 20.0 Å². The van der Waals surface area contributed by atoms with Gasteiger partial charge in [0.25, 0.3) is 11.8 Å². The van der Waals surface area contributed by atoms with Crippen molar-refractivity contribution in [2.75, 3.05) is 39.3 Å². The normalized spacial score (nSPS) is 14.6. The summed E-state index contributed by atoms with van der Waals surface area (Å²) in [5.74, 6) is 0.205. The van der Waals surface area contributed by atoms with Crippen molar-refractivity contribution in [1.82, 2.24) is 15.1 Å². The summed E-state index contributed by atoms with van der Waals surface area (Å²) in [6.07, 6.45) is 0.0973. The second kappa shape index (κ2) is 10.2. The van der Waals surface area contributed by atoms with Gasteiger partial charge in [0.2, 0.25) is 0 Å². The zero-order valence-corrected chi connectivity index (χ0v) is 17.4. The van der Waals surface area contributed by atoms with Gasteiger partial charge in [-0.2, -0.15) is 0 Å². The molecular weight excluding hydrogens is 385 g/mol. The number of amides is 2. The highest BCUT2D eigenvalue weighted by atomic mass is 19.1. The molecule has 0 unspecified atom stereocenters. The molecule has 0 bridgehead atoms. The predicted octanol–water partition coefficient (Wildman–Crippen LogP) is 2.80. The number of carbonyl (C=O) groups is 2. The van der Waals surface area contributed by atoms with Gasteiger partial charge < -0.3 is 15.0 Å². The summed E-state index contributed by atoms with van der Waals surface area (Å²) in [5, 5.41) is 2.85. The Labute approximate surface area is 176 Å². The van der Waals surface area contributed by atoms with E-state index in [1.54, 1.807) is 12.1 Å². The summed E-state index contributed by atoms with van der Waals surface area (Å²) in [6, 6.07) is 12.7. The summed E-state index contributed by atoms with van der Waals surface area (Å²) in [7, 11) is 0. The van der Waals surface area contributed by atoms with Gasteiger partial charge in [-0.25, -0.2) is 4.39 Å². The first-order chi connectivity index (χ1) is 14.4. The largest absolute Gasteiger partial charge is 0.491 e. The fraction of sp³-hybridized carbons (Fsp3) is 0.391. The lowest BCUT2D eigenvalue weighted by Gasteiger charge is -2.34. The second-order valence-electron chi connectivity index (χ2n) is 7.59. The number of halogens is 1. The summed E-state index contributed by atoms with van der Waals surface area (Å²) < 4.78 is 18.6. The molecule has 1 aliphatic heterocycles. The first-order valence-electron chi connectivity index (χ1n) is 10.2. The van der Waals surface area contributed by atoms with Gasteiger partial charge in [-0.3, -0.25) is 14.5 Å². The van der Waals surface area contributed by atoms with E-state index in [0.29, 0.717) is 37.3 Å². The Hall–Kier alpha value is -2.93. The van der Waals surface area contributed by atoms with E-state index in [-0.39, 0.29) is 23.7 Å². The van der Waals surface area contributed by atoms with Crippen molar-refractivity contribution >= 4 is 11.8 Å². The van der Waals surface area contributed by atoms with Gasteiger partial charge in [0, 0.05) is 50.4 Å². The summed E-state index contributed by atoms with van der Waals surface area (Å²) in [6.45, 7) is 7.95. The van der Waals surface area contributed by atoms with E-state index >= 15 is 0 Å². The van der Waals surface area contributed by atoms with Gasteiger partial charge >= 0.3 is 0 Å². The first-order valence-corrected chi connectivity index (χ1v) is 10.2. The van der Waals surface area contributed by atoms with Gasteiger partial charge in [-0.05, 0) is 62.4 Å². The minimum absolute atomic E-state index is 0.0235. The quantitative estimate of drug-likeness (QED) is 0.758. The van der Waals surface area contributed by atoms with Gasteiger partial charge in [0.05, 0.1) is 6.10 Å². The van der Waals surface area contributed by atoms with Crippen molar-refractivity contribution in [3.05, 3.63) is 65.5 Å². The van der Waals surface area contributed by atoms with Crippen LogP contribution in [0.5, 0.6) is 5.75 Å². The molecule has 30 heavy (non-hydrogen) atoms. The van der Waals surface area contributed by atoms with Crippen molar-refractivity contribution in [1.29, 1.82) is 0 Å². The topological polar surface area (TPSA) is 61.9 Å². The van der Waals surface area contributed by atoms with Gasteiger partial charge in [-0.15, -0.1) is 0 Å².